The van der Waals surface area contributed by atoms with Crippen LogP contribution in [0.15, 0.2) is 88.7 Å². The number of benzene rings is 3. The minimum absolute atomic E-state index is 0.0310. The molecule has 5 nitrogen and oxygen atoms in total. The highest BCUT2D eigenvalue weighted by atomic mass is 35.5. The first kappa shape index (κ1) is 24.1. The maximum absolute atomic E-state index is 13.3. The molecule has 3 aromatic rings. The van der Waals surface area contributed by atoms with Gasteiger partial charge in [-0.3, -0.25) is 14.5 Å². The molecule has 2 amide bonds. The Morgan fingerprint density at radius 3 is 2.50 bits per heavy atom. The number of hydrogen-bond acceptors (Lipinski definition) is 4. The molecule has 1 heterocycles. The van der Waals surface area contributed by atoms with E-state index in [1.54, 1.807) is 17.0 Å². The molecule has 7 heteroatoms. The molecule has 1 aliphatic rings. The second-order valence-electron chi connectivity index (χ2n) is 8.09. The largest absolute Gasteiger partial charge is 0.353 e. The van der Waals surface area contributed by atoms with Gasteiger partial charge in [0, 0.05) is 29.6 Å². The lowest BCUT2D eigenvalue weighted by atomic mass is 10.2. The Kier molecular flexibility index (Phi) is 8.06. The second-order valence-corrected chi connectivity index (χ2v) is 9.61. The summed E-state index contributed by atoms with van der Waals surface area (Å²) in [7, 11) is 2.02. The maximum atomic E-state index is 13.3. The third kappa shape index (κ3) is 6.29. The van der Waals surface area contributed by atoms with Gasteiger partial charge in [0.15, 0.2) is 0 Å². The number of hydrogen-bond donors (Lipinski definition) is 1. The summed E-state index contributed by atoms with van der Waals surface area (Å²) in [6.45, 7) is 2.00. The number of para-hydroxylation sites is 1. The van der Waals surface area contributed by atoms with E-state index in [1.165, 1.54) is 17.3 Å². The molecule has 4 rings (SSSR count). The van der Waals surface area contributed by atoms with Crippen molar-refractivity contribution in [2.75, 3.05) is 31.6 Å². The highest BCUT2D eigenvalue weighted by molar-refractivity contribution is 8.04. The number of likely N-dealkylation sites (N-methyl/N-ethyl adjacent to an activating group) is 1. The van der Waals surface area contributed by atoms with Gasteiger partial charge in [-0.2, -0.15) is 0 Å². The van der Waals surface area contributed by atoms with Gasteiger partial charge in [0.25, 0.3) is 5.91 Å². The van der Waals surface area contributed by atoms with E-state index in [1.807, 2.05) is 67.7 Å². The van der Waals surface area contributed by atoms with Crippen molar-refractivity contribution in [3.8, 4) is 0 Å². The lowest BCUT2D eigenvalue weighted by molar-refractivity contribution is -0.122. The fourth-order valence-electron chi connectivity index (χ4n) is 3.69. The van der Waals surface area contributed by atoms with Gasteiger partial charge in [0.1, 0.15) is 6.54 Å². The number of carbonyl (C=O) groups is 2. The van der Waals surface area contributed by atoms with Crippen molar-refractivity contribution in [2.24, 2.45) is 0 Å². The second kappa shape index (κ2) is 11.4. The average molecular weight is 492 g/mol. The minimum Gasteiger partial charge on any atom is -0.353 e. The van der Waals surface area contributed by atoms with Crippen LogP contribution in [0.5, 0.6) is 0 Å². The van der Waals surface area contributed by atoms with Crippen LogP contribution in [0.3, 0.4) is 0 Å². The highest BCUT2D eigenvalue weighted by Crippen LogP contribution is 2.41. The number of fused-ring (bicyclic) bond motifs is 1. The molecule has 174 valence electrons. The van der Waals surface area contributed by atoms with Gasteiger partial charge in [0.05, 0.1) is 10.6 Å². The van der Waals surface area contributed by atoms with Crippen LogP contribution in [0.4, 0.5) is 5.69 Å². The fraction of sp³-hybridized carbons (Fsp3) is 0.185. The molecule has 34 heavy (non-hydrogen) atoms. The highest BCUT2D eigenvalue weighted by Gasteiger charge is 2.30. The fourth-order valence-corrected chi connectivity index (χ4v) is 4.87. The zero-order chi connectivity index (χ0) is 23.9. The minimum atomic E-state index is -0.186. The summed E-state index contributed by atoms with van der Waals surface area (Å²) in [5.41, 5.74) is 2.86. The van der Waals surface area contributed by atoms with E-state index in [0.717, 1.165) is 22.7 Å². The molecule has 0 aromatic heterocycles. The van der Waals surface area contributed by atoms with E-state index in [-0.39, 0.29) is 18.4 Å². The number of amides is 2. The van der Waals surface area contributed by atoms with E-state index in [0.29, 0.717) is 23.0 Å². The summed E-state index contributed by atoms with van der Waals surface area (Å²) in [4.78, 5) is 31.3. The molecule has 0 saturated carbocycles. The summed E-state index contributed by atoms with van der Waals surface area (Å²) in [6.07, 6.45) is 1.84. The van der Waals surface area contributed by atoms with E-state index in [9.17, 15) is 9.59 Å². The molecule has 0 bridgehead atoms. The Bertz CT molecular complexity index is 1180. The van der Waals surface area contributed by atoms with E-state index >= 15 is 0 Å². The zero-order valence-corrected chi connectivity index (χ0v) is 20.5. The van der Waals surface area contributed by atoms with Crippen LogP contribution in [0.1, 0.15) is 11.1 Å². The van der Waals surface area contributed by atoms with Gasteiger partial charge in [-0.1, -0.05) is 78.0 Å². The van der Waals surface area contributed by atoms with E-state index in [4.69, 9.17) is 11.6 Å². The number of thioether (sulfide) groups is 1. The monoisotopic (exact) mass is 491 g/mol. The summed E-state index contributed by atoms with van der Waals surface area (Å²) < 4.78 is 0. The van der Waals surface area contributed by atoms with Crippen molar-refractivity contribution in [1.82, 2.24) is 10.2 Å². The van der Waals surface area contributed by atoms with Crippen LogP contribution in [0.25, 0.3) is 6.08 Å². The molecule has 0 radical (unpaired) electrons. The first-order chi connectivity index (χ1) is 16.5. The molecule has 3 aromatic carbocycles. The first-order valence-corrected chi connectivity index (χ1v) is 12.2. The standard InChI is InChI=1S/C27H26ClN3O2S/c1-30(18-21-7-3-2-4-8-21)16-15-29-26(32)19-31-23-9-5-6-10-24(23)34-25(27(31)33)17-20-11-13-22(28)14-12-20/h2-14,17H,15-16,18-19H2,1H3,(H,29,32). The topological polar surface area (TPSA) is 52.7 Å². The van der Waals surface area contributed by atoms with Crippen LogP contribution in [0.2, 0.25) is 5.02 Å². The smallest absolute Gasteiger partial charge is 0.265 e. The van der Waals surface area contributed by atoms with Gasteiger partial charge in [-0.05, 0) is 48.5 Å². The Hall–Kier alpha value is -3.06. The Morgan fingerprint density at radius 1 is 1.03 bits per heavy atom. The van der Waals surface area contributed by atoms with Crippen LogP contribution in [-0.4, -0.2) is 43.4 Å². The van der Waals surface area contributed by atoms with Crippen LogP contribution < -0.4 is 10.2 Å². The molecule has 0 saturated heterocycles. The molecular weight excluding hydrogens is 466 g/mol. The molecule has 1 aliphatic heterocycles. The Balaban J connectivity index is 1.40. The van der Waals surface area contributed by atoms with Crippen molar-refractivity contribution in [3.05, 3.63) is 99.9 Å². The quantitative estimate of drug-likeness (QED) is 0.447. The molecule has 0 fully saturated rings. The lowest BCUT2D eigenvalue weighted by Crippen LogP contribution is -2.44. The van der Waals surface area contributed by atoms with Gasteiger partial charge in [0.2, 0.25) is 5.91 Å². The van der Waals surface area contributed by atoms with Crippen molar-refractivity contribution in [3.63, 3.8) is 0 Å². The van der Waals surface area contributed by atoms with Gasteiger partial charge >= 0.3 is 0 Å². The summed E-state index contributed by atoms with van der Waals surface area (Å²) in [5, 5.41) is 3.59. The number of nitrogens with zero attached hydrogens (tertiary/aromatic N) is 2. The number of rotatable bonds is 8. The third-order valence-corrected chi connectivity index (χ3v) is 6.74. The third-order valence-electron chi connectivity index (χ3n) is 5.41. The zero-order valence-electron chi connectivity index (χ0n) is 18.9. The predicted octanol–water partition coefficient (Wildman–Crippen LogP) is 5.07. The molecule has 1 N–H and O–H groups in total. The van der Waals surface area contributed by atoms with Crippen molar-refractivity contribution in [2.45, 2.75) is 11.4 Å². The number of carbonyl (C=O) groups excluding carboxylic acids is 2. The van der Waals surface area contributed by atoms with Crippen molar-refractivity contribution < 1.29 is 9.59 Å². The van der Waals surface area contributed by atoms with Gasteiger partial charge in [-0.15, -0.1) is 0 Å². The van der Waals surface area contributed by atoms with E-state index in [2.05, 4.69) is 22.3 Å². The molecule has 0 atom stereocenters. The predicted molar refractivity (Wildman–Crippen MR) is 140 cm³/mol. The van der Waals surface area contributed by atoms with E-state index < -0.39 is 0 Å². The van der Waals surface area contributed by atoms with Crippen LogP contribution in [0, 0.1) is 0 Å². The first-order valence-electron chi connectivity index (χ1n) is 11.0. The Morgan fingerprint density at radius 2 is 1.74 bits per heavy atom. The summed E-state index contributed by atoms with van der Waals surface area (Å²) >= 11 is 7.40. The SMILES string of the molecule is CN(CCNC(=O)CN1C(=O)C(=Cc2ccc(Cl)cc2)Sc2ccccc21)Cc1ccccc1. The van der Waals surface area contributed by atoms with Gasteiger partial charge < -0.3 is 10.2 Å². The normalized spacial score (nSPS) is 14.4. The van der Waals surface area contributed by atoms with Crippen molar-refractivity contribution >= 4 is 46.9 Å². The average Bonchev–Trinajstić information content (AvgIpc) is 2.83. The van der Waals surface area contributed by atoms with Crippen molar-refractivity contribution in [1.29, 1.82) is 0 Å². The van der Waals surface area contributed by atoms with Gasteiger partial charge in [-0.25, -0.2) is 0 Å². The maximum Gasteiger partial charge on any atom is 0.265 e. The molecule has 0 unspecified atom stereocenters. The lowest BCUT2D eigenvalue weighted by Gasteiger charge is -2.30. The van der Waals surface area contributed by atoms with Crippen LogP contribution >= 0.6 is 23.4 Å². The number of anilines is 1. The molecule has 0 spiro atoms. The summed E-state index contributed by atoms with van der Waals surface area (Å²) in [5.74, 6) is -0.371. The summed E-state index contributed by atoms with van der Waals surface area (Å²) in [6, 6.07) is 25.2. The molecular formula is C27H26ClN3O2S. The Labute approximate surface area is 209 Å². The molecule has 0 aliphatic carbocycles. The number of nitrogens with one attached hydrogen (secondary N) is 1. The van der Waals surface area contributed by atoms with Crippen LogP contribution in [-0.2, 0) is 16.1 Å². The number of halogens is 1.